The van der Waals surface area contributed by atoms with Crippen LogP contribution in [0.1, 0.15) is 54.2 Å². The fourth-order valence-electron chi connectivity index (χ4n) is 4.14. The molecule has 1 aliphatic heterocycles. The summed E-state index contributed by atoms with van der Waals surface area (Å²) in [5.74, 6) is -0.160. The molecule has 1 fully saturated rings. The van der Waals surface area contributed by atoms with Crippen molar-refractivity contribution in [2.24, 2.45) is 5.92 Å². The molecule has 0 amide bonds. The number of rotatable bonds is 8. The van der Waals surface area contributed by atoms with Crippen LogP contribution in [0.25, 0.3) is 0 Å². The van der Waals surface area contributed by atoms with Crippen molar-refractivity contribution < 1.29 is 9.90 Å². The second kappa shape index (κ2) is 10.5. The van der Waals surface area contributed by atoms with Crippen molar-refractivity contribution in [3.63, 3.8) is 0 Å². The van der Waals surface area contributed by atoms with Crippen LogP contribution >= 0.6 is 23.2 Å². The second-order valence-corrected chi connectivity index (χ2v) is 8.82. The van der Waals surface area contributed by atoms with Gasteiger partial charge in [0.05, 0.1) is 16.3 Å². The normalized spacial score (nSPS) is 15.4. The minimum atomic E-state index is -0.954. The van der Waals surface area contributed by atoms with Gasteiger partial charge in [0.1, 0.15) is 5.02 Å². The number of benzene rings is 1. The lowest BCUT2D eigenvalue weighted by Gasteiger charge is -2.32. The van der Waals surface area contributed by atoms with Gasteiger partial charge in [-0.05, 0) is 62.0 Å². The molecule has 2 aromatic rings. The molecule has 1 aliphatic rings. The first-order valence-electron chi connectivity index (χ1n) is 10.5. The number of nitrogens with zero attached hydrogens (tertiary/aromatic N) is 2. The topological polar surface area (TPSA) is 62.5 Å². The number of aryl methyl sites for hydroxylation is 1. The summed E-state index contributed by atoms with van der Waals surface area (Å²) in [4.78, 5) is 26.1. The molecule has 5 nitrogen and oxygen atoms in total. The monoisotopic (exact) mass is 450 g/mol. The number of pyridine rings is 1. The molecule has 0 saturated carbocycles. The number of aromatic carboxylic acids is 1. The lowest BCUT2D eigenvalue weighted by Crippen LogP contribution is -2.36. The number of hydrogen-bond acceptors (Lipinski definition) is 3. The highest BCUT2D eigenvalue weighted by atomic mass is 35.5. The third-order valence-corrected chi connectivity index (χ3v) is 6.50. The fraction of sp³-hybridized carbons (Fsp3) is 0.478. The maximum Gasteiger partial charge on any atom is 0.335 e. The molecular formula is C23H28Cl2N2O3. The fourth-order valence-corrected chi connectivity index (χ4v) is 4.68. The van der Waals surface area contributed by atoms with E-state index < -0.39 is 5.97 Å². The Balaban J connectivity index is 1.75. The molecule has 1 saturated heterocycles. The molecule has 0 atom stereocenters. The first kappa shape index (κ1) is 22.9. The second-order valence-electron chi connectivity index (χ2n) is 8.00. The van der Waals surface area contributed by atoms with E-state index >= 15 is 0 Å². The Morgan fingerprint density at radius 3 is 2.40 bits per heavy atom. The van der Waals surface area contributed by atoms with E-state index in [-0.39, 0.29) is 16.1 Å². The summed E-state index contributed by atoms with van der Waals surface area (Å²) in [6, 6.07) is 8.25. The Morgan fingerprint density at radius 2 is 1.80 bits per heavy atom. The van der Waals surface area contributed by atoms with Crippen molar-refractivity contribution in [1.82, 2.24) is 9.47 Å². The smallest absolute Gasteiger partial charge is 0.335 e. The zero-order valence-corrected chi connectivity index (χ0v) is 18.8. The minimum Gasteiger partial charge on any atom is -0.478 e. The molecule has 2 heterocycles. The quantitative estimate of drug-likeness (QED) is 0.606. The molecule has 1 aromatic heterocycles. The number of piperidine rings is 1. The van der Waals surface area contributed by atoms with E-state index in [4.69, 9.17) is 28.3 Å². The lowest BCUT2D eigenvalue weighted by molar-refractivity contribution is 0.0697. The summed E-state index contributed by atoms with van der Waals surface area (Å²) in [5.41, 5.74) is 1.75. The minimum absolute atomic E-state index is 0.117. The Bertz CT molecular complexity index is 933. The van der Waals surface area contributed by atoms with Gasteiger partial charge in [-0.2, -0.15) is 0 Å². The largest absolute Gasteiger partial charge is 0.478 e. The summed E-state index contributed by atoms with van der Waals surface area (Å²) in [7, 11) is 0. The van der Waals surface area contributed by atoms with Crippen LogP contribution < -0.4 is 5.56 Å². The molecule has 0 unspecified atom stereocenters. The van der Waals surface area contributed by atoms with Gasteiger partial charge in [0, 0.05) is 13.1 Å². The molecule has 7 heteroatoms. The molecule has 3 rings (SSSR count). The zero-order chi connectivity index (χ0) is 21.7. The highest BCUT2D eigenvalue weighted by molar-refractivity contribution is 6.34. The van der Waals surface area contributed by atoms with Gasteiger partial charge in [-0.3, -0.25) is 9.69 Å². The van der Waals surface area contributed by atoms with Gasteiger partial charge in [-0.25, -0.2) is 4.79 Å². The molecule has 1 N–H and O–H groups in total. The highest BCUT2D eigenvalue weighted by Gasteiger charge is 2.21. The molecule has 0 spiro atoms. The number of likely N-dealkylation sites (tertiary alicyclic amines) is 1. The van der Waals surface area contributed by atoms with Crippen molar-refractivity contribution in [2.45, 2.75) is 52.1 Å². The maximum atomic E-state index is 12.8. The Kier molecular flexibility index (Phi) is 7.98. The van der Waals surface area contributed by atoms with Gasteiger partial charge >= 0.3 is 5.97 Å². The molecule has 162 valence electrons. The van der Waals surface area contributed by atoms with Gasteiger partial charge in [0.15, 0.2) is 0 Å². The van der Waals surface area contributed by atoms with Crippen LogP contribution in [0.5, 0.6) is 0 Å². The van der Waals surface area contributed by atoms with E-state index in [9.17, 15) is 9.59 Å². The number of halogens is 2. The van der Waals surface area contributed by atoms with Crippen molar-refractivity contribution in [2.75, 3.05) is 13.1 Å². The van der Waals surface area contributed by atoms with Gasteiger partial charge < -0.3 is 9.67 Å². The van der Waals surface area contributed by atoms with Gasteiger partial charge in [0.25, 0.3) is 5.56 Å². The number of carboxylic acid groups (broad SMARTS) is 1. The first-order valence-corrected chi connectivity index (χ1v) is 11.3. The van der Waals surface area contributed by atoms with Crippen LogP contribution in [0.3, 0.4) is 0 Å². The van der Waals surface area contributed by atoms with Crippen LogP contribution in [0.4, 0.5) is 0 Å². The summed E-state index contributed by atoms with van der Waals surface area (Å²) >= 11 is 12.6. The van der Waals surface area contributed by atoms with Crippen molar-refractivity contribution in [3.8, 4) is 0 Å². The van der Waals surface area contributed by atoms with E-state index in [1.165, 1.54) is 25.7 Å². The third kappa shape index (κ3) is 5.65. The first-order chi connectivity index (χ1) is 14.4. The molecule has 0 radical (unpaired) electrons. The summed E-state index contributed by atoms with van der Waals surface area (Å²) in [6.45, 7) is 5.31. The van der Waals surface area contributed by atoms with Crippen molar-refractivity contribution in [3.05, 3.63) is 67.6 Å². The molecule has 1 aromatic carbocycles. The van der Waals surface area contributed by atoms with E-state index in [1.54, 1.807) is 34.9 Å². The van der Waals surface area contributed by atoms with Gasteiger partial charge in [-0.1, -0.05) is 55.1 Å². The van der Waals surface area contributed by atoms with E-state index in [0.29, 0.717) is 24.5 Å². The number of carboxylic acids is 1. The van der Waals surface area contributed by atoms with Crippen molar-refractivity contribution >= 4 is 29.2 Å². The lowest BCUT2D eigenvalue weighted by atomic mass is 9.92. The number of aromatic nitrogens is 1. The zero-order valence-electron chi connectivity index (χ0n) is 17.2. The van der Waals surface area contributed by atoms with Crippen molar-refractivity contribution in [1.29, 1.82) is 0 Å². The average molecular weight is 451 g/mol. The standard InChI is InChI=1S/C23H28Cl2N2O3/c1-2-3-16-8-11-26(12-9-16)15-21-19(24)14-20(25)22(28)27(21)13-10-17-4-6-18(7-5-17)23(29)30/h4-7,14,16H,2-3,8-13,15H2,1H3,(H,29,30). The Labute approximate surface area is 187 Å². The average Bonchev–Trinajstić information content (AvgIpc) is 2.73. The number of hydrogen-bond donors (Lipinski definition) is 1. The van der Waals surface area contributed by atoms with E-state index in [1.807, 2.05) is 0 Å². The van der Waals surface area contributed by atoms with E-state index in [0.717, 1.165) is 30.3 Å². The van der Waals surface area contributed by atoms with Crippen LogP contribution in [0, 0.1) is 5.92 Å². The maximum absolute atomic E-state index is 12.8. The summed E-state index contributed by atoms with van der Waals surface area (Å²) in [5, 5.41) is 9.67. The van der Waals surface area contributed by atoms with Crippen LogP contribution in [0.2, 0.25) is 10.0 Å². The van der Waals surface area contributed by atoms with Crippen LogP contribution in [-0.4, -0.2) is 33.6 Å². The molecular weight excluding hydrogens is 423 g/mol. The van der Waals surface area contributed by atoms with Gasteiger partial charge in [0.2, 0.25) is 0 Å². The highest BCUT2D eigenvalue weighted by Crippen LogP contribution is 2.25. The van der Waals surface area contributed by atoms with Crippen LogP contribution in [-0.2, 0) is 19.5 Å². The molecule has 0 aliphatic carbocycles. The summed E-state index contributed by atoms with van der Waals surface area (Å²) in [6.07, 6.45) is 5.45. The predicted molar refractivity (Wildman–Crippen MR) is 121 cm³/mol. The third-order valence-electron chi connectivity index (χ3n) is 5.91. The number of carbonyl (C=O) groups is 1. The summed E-state index contributed by atoms with van der Waals surface area (Å²) < 4.78 is 1.67. The Morgan fingerprint density at radius 1 is 1.13 bits per heavy atom. The predicted octanol–water partition coefficient (Wildman–Crippen LogP) is 5.11. The van der Waals surface area contributed by atoms with E-state index in [2.05, 4.69) is 11.8 Å². The van der Waals surface area contributed by atoms with Crippen LogP contribution in [0.15, 0.2) is 35.1 Å². The molecule has 30 heavy (non-hydrogen) atoms. The SMILES string of the molecule is CCCC1CCN(Cc2c(Cl)cc(Cl)c(=O)n2CCc2ccc(C(=O)O)cc2)CC1. The van der Waals surface area contributed by atoms with Gasteiger partial charge in [-0.15, -0.1) is 0 Å². The Hall–Kier alpha value is -1.82. The molecule has 0 bridgehead atoms.